The first-order valence-corrected chi connectivity index (χ1v) is 28.1. The Bertz CT molecular complexity index is 1160. The first kappa shape index (κ1) is 49.2. The maximum Gasteiger partial charge on any atom is 0.193 e. The van der Waals surface area contributed by atoms with Crippen LogP contribution in [0.25, 0.3) is 0 Å². The van der Waals surface area contributed by atoms with Crippen LogP contribution in [0.5, 0.6) is 0 Å². The Morgan fingerprint density at radius 3 is 1.74 bits per heavy atom. The fourth-order valence-corrected chi connectivity index (χ4v) is 9.32. The van der Waals surface area contributed by atoms with E-state index in [1.165, 1.54) is 82.6 Å². The van der Waals surface area contributed by atoms with Gasteiger partial charge in [0.1, 0.15) is 12.2 Å². The smallest absolute Gasteiger partial charge is 0.193 e. The molecular formula is C47H86O5Si2. The van der Waals surface area contributed by atoms with Crippen molar-refractivity contribution in [2.75, 3.05) is 6.61 Å². The van der Waals surface area contributed by atoms with Gasteiger partial charge in [0.05, 0.1) is 24.9 Å². The molecule has 1 aromatic rings. The van der Waals surface area contributed by atoms with Crippen molar-refractivity contribution in [3.63, 3.8) is 0 Å². The molecule has 7 heteroatoms. The lowest BCUT2D eigenvalue weighted by atomic mass is 10.0. The Morgan fingerprint density at radius 1 is 0.667 bits per heavy atom. The summed E-state index contributed by atoms with van der Waals surface area (Å²) in [5, 5.41) is 11.6. The van der Waals surface area contributed by atoms with E-state index in [1.54, 1.807) is 0 Å². The molecule has 1 N–H and O–H groups in total. The van der Waals surface area contributed by atoms with Gasteiger partial charge in [0.25, 0.3) is 0 Å². The minimum atomic E-state index is -2.03. The number of aliphatic hydroxyl groups excluding tert-OH is 1. The van der Waals surface area contributed by atoms with E-state index in [-0.39, 0.29) is 34.5 Å². The Hall–Kier alpha value is -0.986. The van der Waals surface area contributed by atoms with Crippen LogP contribution in [-0.2, 0) is 24.9 Å². The first-order chi connectivity index (χ1) is 25.5. The number of benzene rings is 1. The van der Waals surface area contributed by atoms with Crippen molar-refractivity contribution in [2.24, 2.45) is 0 Å². The van der Waals surface area contributed by atoms with Crippen LogP contribution in [0.1, 0.15) is 176 Å². The van der Waals surface area contributed by atoms with E-state index < -0.39 is 22.7 Å². The fraction of sp³-hybridized carbons (Fsp3) is 0.830. The van der Waals surface area contributed by atoms with Crippen LogP contribution in [0.4, 0.5) is 0 Å². The van der Waals surface area contributed by atoms with Crippen molar-refractivity contribution in [3.05, 3.63) is 35.9 Å². The van der Waals surface area contributed by atoms with Crippen LogP contribution in [0.3, 0.4) is 0 Å². The molecule has 1 saturated heterocycles. The SMILES string of the molecule is CCCCCCCCCCCC[C@@H](O[Si](C)(C)C(C)(C)C)[C@H]1CC[C@H]([C@H](O)C#C[C@@H](CCCCCCCOCc2ccccc2)O[Si](C)(C)C(C)(C)C)O1. The lowest BCUT2D eigenvalue weighted by Gasteiger charge is -2.41. The first-order valence-electron chi connectivity index (χ1n) is 22.3. The summed E-state index contributed by atoms with van der Waals surface area (Å²) >= 11 is 0. The van der Waals surface area contributed by atoms with Crippen molar-refractivity contribution in [2.45, 2.75) is 244 Å². The Balaban J connectivity index is 1.92. The molecule has 0 unspecified atom stereocenters. The molecule has 1 fully saturated rings. The molecule has 0 aliphatic carbocycles. The summed E-state index contributed by atoms with van der Waals surface area (Å²) in [6, 6.07) is 10.4. The average molecular weight is 787 g/mol. The van der Waals surface area contributed by atoms with Crippen LogP contribution < -0.4 is 0 Å². The van der Waals surface area contributed by atoms with E-state index in [1.807, 2.05) is 6.07 Å². The molecule has 1 aromatic carbocycles. The van der Waals surface area contributed by atoms with Gasteiger partial charge in [-0.15, -0.1) is 0 Å². The van der Waals surface area contributed by atoms with Gasteiger partial charge in [-0.25, -0.2) is 0 Å². The zero-order valence-electron chi connectivity index (χ0n) is 37.2. The van der Waals surface area contributed by atoms with Crippen LogP contribution in [0.15, 0.2) is 30.3 Å². The van der Waals surface area contributed by atoms with Crippen LogP contribution in [0, 0.1) is 11.8 Å². The number of unbranched alkanes of at least 4 members (excludes halogenated alkanes) is 13. The molecule has 1 heterocycles. The summed E-state index contributed by atoms with van der Waals surface area (Å²) in [4.78, 5) is 0. The van der Waals surface area contributed by atoms with Crippen molar-refractivity contribution >= 4 is 16.6 Å². The number of hydrogen-bond donors (Lipinski definition) is 1. The highest BCUT2D eigenvalue weighted by atomic mass is 28.4. The molecule has 1 aliphatic heterocycles. The number of hydrogen-bond acceptors (Lipinski definition) is 5. The van der Waals surface area contributed by atoms with Gasteiger partial charge in [-0.2, -0.15) is 0 Å². The third-order valence-electron chi connectivity index (χ3n) is 12.4. The van der Waals surface area contributed by atoms with Gasteiger partial charge in [-0.1, -0.05) is 174 Å². The molecule has 0 bridgehead atoms. The summed E-state index contributed by atoms with van der Waals surface area (Å²) in [6.07, 6.45) is 21.5. The monoisotopic (exact) mass is 787 g/mol. The largest absolute Gasteiger partial charge is 0.411 e. The second kappa shape index (κ2) is 25.4. The van der Waals surface area contributed by atoms with Crippen molar-refractivity contribution in [1.82, 2.24) is 0 Å². The van der Waals surface area contributed by atoms with E-state index in [4.69, 9.17) is 18.3 Å². The van der Waals surface area contributed by atoms with Crippen molar-refractivity contribution < 1.29 is 23.4 Å². The Morgan fingerprint density at radius 2 is 1.17 bits per heavy atom. The molecule has 1 aliphatic rings. The van der Waals surface area contributed by atoms with E-state index in [0.717, 1.165) is 51.6 Å². The molecule has 5 nitrogen and oxygen atoms in total. The summed E-state index contributed by atoms with van der Waals surface area (Å²) in [7, 11) is -4.01. The maximum absolute atomic E-state index is 11.4. The summed E-state index contributed by atoms with van der Waals surface area (Å²) in [5.74, 6) is 6.66. The van der Waals surface area contributed by atoms with E-state index in [9.17, 15) is 5.11 Å². The average Bonchev–Trinajstić information content (AvgIpc) is 3.60. The van der Waals surface area contributed by atoms with Gasteiger partial charge >= 0.3 is 0 Å². The van der Waals surface area contributed by atoms with Crippen LogP contribution in [-0.4, -0.2) is 58.9 Å². The van der Waals surface area contributed by atoms with Crippen LogP contribution >= 0.6 is 0 Å². The number of ether oxygens (including phenoxy) is 2. The highest BCUT2D eigenvalue weighted by Crippen LogP contribution is 2.40. The van der Waals surface area contributed by atoms with E-state index in [2.05, 4.69) is 111 Å². The van der Waals surface area contributed by atoms with Gasteiger partial charge < -0.3 is 23.4 Å². The van der Waals surface area contributed by atoms with Crippen molar-refractivity contribution in [3.8, 4) is 11.8 Å². The number of rotatable bonds is 27. The second-order valence-corrected chi connectivity index (χ2v) is 28.9. The van der Waals surface area contributed by atoms with E-state index >= 15 is 0 Å². The quantitative estimate of drug-likeness (QED) is 0.0547. The minimum absolute atomic E-state index is 0.0159. The molecule has 0 spiro atoms. The highest BCUT2D eigenvalue weighted by Gasteiger charge is 2.43. The van der Waals surface area contributed by atoms with Gasteiger partial charge in [-0.3, -0.25) is 0 Å². The molecular weight excluding hydrogens is 701 g/mol. The van der Waals surface area contributed by atoms with E-state index in [0.29, 0.717) is 6.61 Å². The Kier molecular flexibility index (Phi) is 23.1. The zero-order chi connectivity index (χ0) is 40.1. The molecule has 0 amide bonds. The lowest BCUT2D eigenvalue weighted by molar-refractivity contribution is -0.0601. The maximum atomic E-state index is 11.4. The molecule has 5 atom stereocenters. The summed E-state index contributed by atoms with van der Waals surface area (Å²) in [6.45, 7) is 26.9. The third kappa shape index (κ3) is 19.4. The predicted molar refractivity (Wildman–Crippen MR) is 236 cm³/mol. The Labute approximate surface area is 337 Å². The van der Waals surface area contributed by atoms with Crippen LogP contribution in [0.2, 0.25) is 36.3 Å². The normalized spacial score (nSPS) is 18.7. The molecule has 0 radical (unpaired) electrons. The highest BCUT2D eigenvalue weighted by molar-refractivity contribution is 6.74. The van der Waals surface area contributed by atoms with Gasteiger partial charge in [-0.05, 0) is 80.4 Å². The van der Waals surface area contributed by atoms with Gasteiger partial charge in [0, 0.05) is 6.61 Å². The van der Waals surface area contributed by atoms with Gasteiger partial charge in [0.2, 0.25) is 0 Å². The summed E-state index contributed by atoms with van der Waals surface area (Å²) in [5.41, 5.74) is 1.23. The standard InChI is InChI=1S/C47H86O5Si2/c1-12-13-14-15-16-17-18-19-22-28-33-45(52-54(10,11)47(5,6)7)44-37-36-43(50-44)42(48)35-34-41(51-53(8,9)46(2,3)4)32-27-21-20-23-29-38-49-39-40-30-25-24-26-31-40/h24-26,30-31,41-45,48H,12-23,27-29,32-33,36-39H2,1-11H3/t41-,42-,43-,44-,45-/m1/s1. The number of aliphatic hydroxyl groups is 1. The predicted octanol–water partition coefficient (Wildman–Crippen LogP) is 13.5. The molecule has 2 rings (SSSR count). The molecule has 0 aromatic heterocycles. The zero-order valence-corrected chi connectivity index (χ0v) is 39.2. The minimum Gasteiger partial charge on any atom is -0.411 e. The lowest BCUT2D eigenvalue weighted by Crippen LogP contribution is -2.47. The molecule has 0 saturated carbocycles. The van der Waals surface area contributed by atoms with Gasteiger partial charge in [0.15, 0.2) is 16.6 Å². The molecule has 54 heavy (non-hydrogen) atoms. The van der Waals surface area contributed by atoms with Crippen molar-refractivity contribution in [1.29, 1.82) is 0 Å². The fourth-order valence-electron chi connectivity index (χ4n) is 6.70. The third-order valence-corrected chi connectivity index (χ3v) is 21.4. The topological polar surface area (TPSA) is 57.2 Å². The summed E-state index contributed by atoms with van der Waals surface area (Å²) < 4.78 is 26.4. The second-order valence-electron chi connectivity index (χ2n) is 19.4. The molecule has 312 valence electrons.